The molecule has 0 aliphatic carbocycles. The van der Waals surface area contributed by atoms with Crippen molar-refractivity contribution in [2.45, 2.75) is 6.18 Å². The summed E-state index contributed by atoms with van der Waals surface area (Å²) in [6, 6.07) is 13.4. The van der Waals surface area contributed by atoms with E-state index in [4.69, 9.17) is 0 Å². The van der Waals surface area contributed by atoms with Crippen molar-refractivity contribution in [2.75, 3.05) is 10.6 Å². The van der Waals surface area contributed by atoms with Gasteiger partial charge in [0.25, 0.3) is 5.91 Å². The first kappa shape index (κ1) is 17.4. The third-order valence-corrected chi connectivity index (χ3v) is 3.40. The Morgan fingerprint density at radius 3 is 2.12 bits per heavy atom. The van der Waals surface area contributed by atoms with Gasteiger partial charge in [0.2, 0.25) is 0 Å². The topological polar surface area (TPSA) is 66.9 Å². The minimum Gasteiger partial charge on any atom is -0.339 e. The van der Waals surface area contributed by atoms with Crippen molar-refractivity contribution in [2.24, 2.45) is 0 Å². The smallest absolute Gasteiger partial charge is 0.339 e. The Kier molecular flexibility index (Phi) is 4.83. The van der Waals surface area contributed by atoms with E-state index in [2.05, 4.69) is 20.6 Å². The molecule has 1 aromatic heterocycles. The zero-order valence-electron chi connectivity index (χ0n) is 13.3. The molecule has 3 aromatic rings. The second-order valence-corrected chi connectivity index (χ2v) is 5.31. The molecule has 0 aliphatic rings. The van der Waals surface area contributed by atoms with Crippen molar-refractivity contribution in [3.8, 4) is 0 Å². The van der Waals surface area contributed by atoms with Gasteiger partial charge in [-0.2, -0.15) is 13.2 Å². The van der Waals surface area contributed by atoms with Gasteiger partial charge >= 0.3 is 6.18 Å². The largest absolute Gasteiger partial charge is 0.416 e. The molecule has 0 radical (unpaired) electrons. The highest BCUT2D eigenvalue weighted by atomic mass is 19.4. The van der Waals surface area contributed by atoms with Gasteiger partial charge in [0.05, 0.1) is 18.0 Å². The fraction of sp³-hybridized carbons (Fsp3) is 0.0556. The van der Waals surface area contributed by atoms with E-state index < -0.39 is 17.6 Å². The van der Waals surface area contributed by atoms with Crippen LogP contribution in [-0.2, 0) is 6.18 Å². The van der Waals surface area contributed by atoms with Crippen LogP contribution in [0.3, 0.4) is 0 Å². The number of carbonyl (C=O) groups excluding carboxylic acids is 1. The monoisotopic (exact) mass is 358 g/mol. The Hall–Kier alpha value is -3.42. The van der Waals surface area contributed by atoms with Crippen LogP contribution in [0.5, 0.6) is 0 Å². The lowest BCUT2D eigenvalue weighted by molar-refractivity contribution is -0.137. The number of anilines is 3. The summed E-state index contributed by atoms with van der Waals surface area (Å²) in [4.78, 5) is 20.1. The number of nitrogens with zero attached hydrogens (tertiary/aromatic N) is 2. The normalized spacial score (nSPS) is 11.0. The molecular weight excluding hydrogens is 345 g/mol. The molecule has 132 valence electrons. The number of carbonyl (C=O) groups is 1. The Balaban J connectivity index is 1.65. The number of benzene rings is 2. The Morgan fingerprint density at radius 2 is 1.54 bits per heavy atom. The van der Waals surface area contributed by atoms with E-state index >= 15 is 0 Å². The molecule has 3 rings (SSSR count). The number of halogens is 3. The number of alkyl halides is 3. The van der Waals surface area contributed by atoms with Crippen LogP contribution in [0.4, 0.5) is 30.4 Å². The van der Waals surface area contributed by atoms with Gasteiger partial charge < -0.3 is 10.6 Å². The molecule has 0 aliphatic heterocycles. The van der Waals surface area contributed by atoms with Gasteiger partial charge in [0.1, 0.15) is 11.5 Å². The van der Waals surface area contributed by atoms with Gasteiger partial charge in [-0.1, -0.05) is 18.2 Å². The molecule has 5 nitrogen and oxygen atoms in total. The number of hydrogen-bond acceptors (Lipinski definition) is 4. The molecule has 0 unspecified atom stereocenters. The Bertz CT molecular complexity index is 879. The van der Waals surface area contributed by atoms with Crippen LogP contribution in [-0.4, -0.2) is 15.9 Å². The second kappa shape index (κ2) is 7.22. The summed E-state index contributed by atoms with van der Waals surface area (Å²) < 4.78 is 37.6. The average molecular weight is 358 g/mol. The van der Waals surface area contributed by atoms with E-state index in [0.29, 0.717) is 17.2 Å². The van der Waals surface area contributed by atoms with Crippen LogP contribution in [0.2, 0.25) is 0 Å². The maximum atomic E-state index is 12.5. The Morgan fingerprint density at radius 1 is 0.846 bits per heavy atom. The minimum atomic E-state index is -4.38. The van der Waals surface area contributed by atoms with E-state index in [1.54, 1.807) is 24.3 Å². The van der Waals surface area contributed by atoms with Gasteiger partial charge in [-0.15, -0.1) is 0 Å². The summed E-state index contributed by atoms with van der Waals surface area (Å²) in [7, 11) is 0. The van der Waals surface area contributed by atoms with Gasteiger partial charge in [-0.25, -0.2) is 9.97 Å². The predicted molar refractivity (Wildman–Crippen MR) is 91.2 cm³/mol. The van der Waals surface area contributed by atoms with Crippen molar-refractivity contribution in [3.63, 3.8) is 0 Å². The highest BCUT2D eigenvalue weighted by molar-refractivity contribution is 6.02. The highest BCUT2D eigenvalue weighted by Gasteiger charge is 2.29. The first-order chi connectivity index (χ1) is 12.4. The van der Waals surface area contributed by atoms with Crippen molar-refractivity contribution >= 4 is 23.1 Å². The van der Waals surface area contributed by atoms with E-state index in [9.17, 15) is 18.0 Å². The summed E-state index contributed by atoms with van der Waals surface area (Å²) in [5.74, 6) is -0.106. The fourth-order valence-electron chi connectivity index (χ4n) is 2.12. The van der Waals surface area contributed by atoms with Crippen LogP contribution in [0.15, 0.2) is 67.0 Å². The molecule has 0 saturated carbocycles. The molecule has 0 atom stereocenters. The summed E-state index contributed by atoms with van der Waals surface area (Å²) in [5.41, 5.74) is 0.439. The molecule has 8 heteroatoms. The molecule has 0 saturated heterocycles. The van der Waals surface area contributed by atoms with Gasteiger partial charge in [-0.05, 0) is 36.4 Å². The fourth-order valence-corrected chi connectivity index (χ4v) is 2.12. The molecule has 0 spiro atoms. The van der Waals surface area contributed by atoms with Crippen molar-refractivity contribution in [1.82, 2.24) is 9.97 Å². The van der Waals surface area contributed by atoms with Gasteiger partial charge in [-0.3, -0.25) is 4.79 Å². The number of para-hydroxylation sites is 1. The molecule has 2 aromatic carbocycles. The summed E-state index contributed by atoms with van der Waals surface area (Å²) in [6.45, 7) is 0. The van der Waals surface area contributed by atoms with Gasteiger partial charge in [0, 0.05) is 11.4 Å². The standard InChI is InChI=1S/C18H13F3N4O/c19-18(20,21)12-6-8-14(9-7-12)24-16-11-22-15(10-23-16)17(26)25-13-4-2-1-3-5-13/h1-11H,(H,23,24)(H,25,26). The van der Waals surface area contributed by atoms with Crippen molar-refractivity contribution in [1.29, 1.82) is 0 Å². The van der Waals surface area contributed by atoms with E-state index in [1.807, 2.05) is 6.07 Å². The third-order valence-electron chi connectivity index (χ3n) is 3.40. The van der Waals surface area contributed by atoms with Crippen molar-refractivity contribution < 1.29 is 18.0 Å². The number of nitrogens with one attached hydrogen (secondary N) is 2. The number of amides is 1. The average Bonchev–Trinajstić information content (AvgIpc) is 2.63. The lowest BCUT2D eigenvalue weighted by atomic mass is 10.2. The molecule has 26 heavy (non-hydrogen) atoms. The van der Waals surface area contributed by atoms with E-state index in [-0.39, 0.29) is 5.69 Å². The van der Waals surface area contributed by atoms with Gasteiger partial charge in [0.15, 0.2) is 0 Å². The van der Waals surface area contributed by atoms with E-state index in [1.165, 1.54) is 24.5 Å². The molecule has 0 bridgehead atoms. The van der Waals surface area contributed by atoms with Crippen LogP contribution < -0.4 is 10.6 Å². The van der Waals surface area contributed by atoms with Crippen LogP contribution in [0.25, 0.3) is 0 Å². The van der Waals surface area contributed by atoms with Crippen LogP contribution >= 0.6 is 0 Å². The predicted octanol–water partition coefficient (Wildman–Crippen LogP) is 4.49. The number of rotatable bonds is 4. The molecule has 2 N–H and O–H groups in total. The number of hydrogen-bond donors (Lipinski definition) is 2. The highest BCUT2D eigenvalue weighted by Crippen LogP contribution is 2.30. The molecule has 1 amide bonds. The zero-order valence-corrected chi connectivity index (χ0v) is 13.3. The lowest BCUT2D eigenvalue weighted by Gasteiger charge is -2.09. The molecule has 1 heterocycles. The lowest BCUT2D eigenvalue weighted by Crippen LogP contribution is -2.14. The molecular formula is C18H13F3N4O. The van der Waals surface area contributed by atoms with E-state index in [0.717, 1.165) is 12.1 Å². The zero-order chi connectivity index (χ0) is 18.6. The SMILES string of the molecule is O=C(Nc1ccccc1)c1cnc(Nc2ccc(C(F)(F)F)cc2)cn1. The quantitative estimate of drug-likeness (QED) is 0.721. The number of aromatic nitrogens is 2. The van der Waals surface area contributed by atoms with Crippen LogP contribution in [0, 0.1) is 0 Å². The first-order valence-corrected chi connectivity index (χ1v) is 7.54. The summed E-state index contributed by atoms with van der Waals surface area (Å²) in [6.07, 6.45) is -1.77. The summed E-state index contributed by atoms with van der Waals surface area (Å²) >= 11 is 0. The second-order valence-electron chi connectivity index (χ2n) is 5.31. The van der Waals surface area contributed by atoms with Crippen LogP contribution in [0.1, 0.15) is 16.1 Å². The summed E-state index contributed by atoms with van der Waals surface area (Å²) in [5, 5.41) is 5.51. The maximum Gasteiger partial charge on any atom is 0.416 e. The Labute approximate surface area is 146 Å². The molecule has 0 fully saturated rings. The first-order valence-electron chi connectivity index (χ1n) is 7.54. The minimum absolute atomic E-state index is 0.117. The third kappa shape index (κ3) is 4.35. The maximum absolute atomic E-state index is 12.5. The van der Waals surface area contributed by atoms with Crippen molar-refractivity contribution in [3.05, 3.63) is 78.2 Å².